The number of pyridine rings is 1. The van der Waals surface area contributed by atoms with Crippen LogP contribution in [0.2, 0.25) is 0 Å². The van der Waals surface area contributed by atoms with E-state index in [1.165, 1.54) is 17.2 Å². The van der Waals surface area contributed by atoms with Crippen molar-refractivity contribution in [1.82, 2.24) is 4.98 Å². The van der Waals surface area contributed by atoms with Crippen molar-refractivity contribution in [1.29, 1.82) is 0 Å². The van der Waals surface area contributed by atoms with Gasteiger partial charge in [-0.3, -0.25) is 0 Å². The zero-order valence-corrected chi connectivity index (χ0v) is 10.0. The van der Waals surface area contributed by atoms with Crippen molar-refractivity contribution in [2.45, 2.75) is 31.5 Å². The minimum absolute atomic E-state index is 0.275. The van der Waals surface area contributed by atoms with Gasteiger partial charge in [0.2, 0.25) is 0 Å². The lowest BCUT2D eigenvalue weighted by Gasteiger charge is -2.35. The number of aliphatic carboxylic acids is 1. The summed E-state index contributed by atoms with van der Waals surface area (Å²) in [5.41, 5.74) is -0.886. The molecule has 0 radical (unpaired) electrons. The second-order valence-electron chi connectivity index (χ2n) is 4.42. The van der Waals surface area contributed by atoms with Crippen LogP contribution in [0.15, 0.2) is 18.3 Å². The van der Waals surface area contributed by atoms with E-state index in [9.17, 15) is 18.0 Å². The highest BCUT2D eigenvalue weighted by molar-refractivity contribution is 5.78. The number of alkyl halides is 3. The number of carboxylic acid groups (broad SMARTS) is 1. The van der Waals surface area contributed by atoms with Crippen molar-refractivity contribution in [2.75, 3.05) is 11.4 Å². The number of carboxylic acids is 1. The van der Waals surface area contributed by atoms with E-state index in [-0.39, 0.29) is 12.4 Å². The zero-order chi connectivity index (χ0) is 14.0. The number of piperidine rings is 1. The third-order valence-corrected chi connectivity index (χ3v) is 3.15. The molecule has 0 aromatic carbocycles. The standard InChI is InChI=1S/C12H13F3N2O2/c13-12(14,15)8-4-3-6-16-10(8)17-7-2-1-5-9(17)11(18)19/h3-4,6,9H,1-2,5,7H2,(H,18,19). The molecule has 2 heterocycles. The lowest BCUT2D eigenvalue weighted by atomic mass is 10.0. The minimum atomic E-state index is -4.54. The first-order valence-electron chi connectivity index (χ1n) is 5.93. The summed E-state index contributed by atoms with van der Waals surface area (Å²) < 4.78 is 38.8. The molecule has 1 atom stereocenters. The number of nitrogens with zero attached hydrogens (tertiary/aromatic N) is 2. The number of hydrogen-bond acceptors (Lipinski definition) is 3. The number of anilines is 1. The number of halogens is 3. The number of hydrogen-bond donors (Lipinski definition) is 1. The molecule has 0 saturated carbocycles. The molecule has 4 nitrogen and oxygen atoms in total. The SMILES string of the molecule is O=C(O)C1CCCCN1c1ncccc1C(F)(F)F. The Morgan fingerprint density at radius 2 is 2.16 bits per heavy atom. The smallest absolute Gasteiger partial charge is 0.419 e. The van der Waals surface area contributed by atoms with E-state index in [0.29, 0.717) is 19.3 Å². The largest absolute Gasteiger partial charge is 0.480 e. The summed E-state index contributed by atoms with van der Waals surface area (Å²) in [7, 11) is 0. The summed E-state index contributed by atoms with van der Waals surface area (Å²) in [4.78, 5) is 16.1. The summed E-state index contributed by atoms with van der Waals surface area (Å²) >= 11 is 0. The highest BCUT2D eigenvalue weighted by Crippen LogP contribution is 2.37. The van der Waals surface area contributed by atoms with Gasteiger partial charge in [-0.05, 0) is 31.4 Å². The summed E-state index contributed by atoms with van der Waals surface area (Å²) in [6.45, 7) is 0.275. The van der Waals surface area contributed by atoms with Crippen molar-refractivity contribution in [3.63, 3.8) is 0 Å². The molecule has 1 fully saturated rings. The van der Waals surface area contributed by atoms with Gasteiger partial charge in [-0.2, -0.15) is 13.2 Å². The Labute approximate surface area is 107 Å². The van der Waals surface area contributed by atoms with Crippen molar-refractivity contribution in [3.8, 4) is 0 Å². The Bertz CT molecular complexity index is 476. The monoisotopic (exact) mass is 274 g/mol. The van der Waals surface area contributed by atoms with Gasteiger partial charge in [-0.15, -0.1) is 0 Å². The third kappa shape index (κ3) is 2.80. The zero-order valence-electron chi connectivity index (χ0n) is 10.0. The molecule has 1 aliphatic heterocycles. The Morgan fingerprint density at radius 3 is 2.79 bits per heavy atom. The molecule has 1 aromatic rings. The Hall–Kier alpha value is -1.79. The third-order valence-electron chi connectivity index (χ3n) is 3.15. The first-order valence-corrected chi connectivity index (χ1v) is 5.93. The average Bonchev–Trinajstić information content (AvgIpc) is 2.37. The highest BCUT2D eigenvalue weighted by atomic mass is 19.4. The van der Waals surface area contributed by atoms with E-state index in [0.717, 1.165) is 6.07 Å². The Balaban J connectivity index is 2.42. The van der Waals surface area contributed by atoms with E-state index in [1.54, 1.807) is 0 Å². The van der Waals surface area contributed by atoms with Crippen LogP contribution in [0.4, 0.5) is 19.0 Å². The molecule has 104 valence electrons. The predicted molar refractivity (Wildman–Crippen MR) is 61.9 cm³/mol. The van der Waals surface area contributed by atoms with E-state index in [4.69, 9.17) is 5.11 Å². The van der Waals surface area contributed by atoms with Gasteiger partial charge < -0.3 is 10.0 Å². The summed E-state index contributed by atoms with van der Waals surface area (Å²) in [5.74, 6) is -1.40. The predicted octanol–water partition coefficient (Wildman–Crippen LogP) is 2.54. The van der Waals surface area contributed by atoms with Crippen molar-refractivity contribution in [3.05, 3.63) is 23.9 Å². The first-order chi connectivity index (χ1) is 8.91. The highest BCUT2D eigenvalue weighted by Gasteiger charge is 2.39. The fourth-order valence-electron chi connectivity index (χ4n) is 2.29. The second-order valence-corrected chi connectivity index (χ2v) is 4.42. The average molecular weight is 274 g/mol. The summed E-state index contributed by atoms with van der Waals surface area (Å²) in [5, 5.41) is 9.11. The van der Waals surface area contributed by atoms with Crippen LogP contribution >= 0.6 is 0 Å². The lowest BCUT2D eigenvalue weighted by Crippen LogP contribution is -2.46. The Kier molecular flexibility index (Phi) is 3.64. The van der Waals surface area contributed by atoms with Gasteiger partial charge >= 0.3 is 12.1 Å². The van der Waals surface area contributed by atoms with Crippen LogP contribution in [0.25, 0.3) is 0 Å². The van der Waals surface area contributed by atoms with Gasteiger partial charge in [0.25, 0.3) is 0 Å². The van der Waals surface area contributed by atoms with Crippen LogP contribution in [-0.4, -0.2) is 28.6 Å². The molecule has 1 N–H and O–H groups in total. The fourth-order valence-corrected chi connectivity index (χ4v) is 2.29. The van der Waals surface area contributed by atoms with E-state index in [2.05, 4.69) is 4.98 Å². The Morgan fingerprint density at radius 1 is 1.42 bits per heavy atom. The fraction of sp³-hybridized carbons (Fsp3) is 0.500. The summed E-state index contributed by atoms with van der Waals surface area (Å²) in [6.07, 6.45) is -1.59. The molecule has 1 aromatic heterocycles. The van der Waals surface area contributed by atoms with Crippen LogP contribution < -0.4 is 4.90 Å². The van der Waals surface area contributed by atoms with Crippen molar-refractivity contribution >= 4 is 11.8 Å². The summed E-state index contributed by atoms with van der Waals surface area (Å²) in [6, 6.07) is 1.19. The lowest BCUT2D eigenvalue weighted by molar-refractivity contribution is -0.140. The van der Waals surface area contributed by atoms with Gasteiger partial charge in [0.15, 0.2) is 0 Å². The maximum absolute atomic E-state index is 12.9. The molecule has 0 aliphatic carbocycles. The van der Waals surface area contributed by atoms with Gasteiger partial charge in [0.05, 0.1) is 5.56 Å². The molecule has 2 rings (SSSR count). The molecule has 0 amide bonds. The second kappa shape index (κ2) is 5.07. The minimum Gasteiger partial charge on any atom is -0.480 e. The molecule has 1 unspecified atom stereocenters. The van der Waals surface area contributed by atoms with E-state index >= 15 is 0 Å². The van der Waals surface area contributed by atoms with Gasteiger partial charge in [-0.25, -0.2) is 9.78 Å². The molecule has 0 spiro atoms. The van der Waals surface area contributed by atoms with Crippen LogP contribution in [0, 0.1) is 0 Å². The van der Waals surface area contributed by atoms with Gasteiger partial charge in [0.1, 0.15) is 11.9 Å². The molecular formula is C12H13F3N2O2. The van der Waals surface area contributed by atoms with Crippen LogP contribution in [0.5, 0.6) is 0 Å². The van der Waals surface area contributed by atoms with Crippen molar-refractivity contribution in [2.24, 2.45) is 0 Å². The maximum Gasteiger partial charge on any atom is 0.419 e. The van der Waals surface area contributed by atoms with Gasteiger partial charge in [-0.1, -0.05) is 0 Å². The van der Waals surface area contributed by atoms with Crippen LogP contribution in [0.1, 0.15) is 24.8 Å². The number of rotatable bonds is 2. The molecule has 1 saturated heterocycles. The maximum atomic E-state index is 12.9. The normalized spacial score (nSPS) is 20.4. The molecular weight excluding hydrogens is 261 g/mol. The number of aromatic nitrogens is 1. The van der Waals surface area contributed by atoms with Gasteiger partial charge in [0, 0.05) is 12.7 Å². The van der Waals surface area contributed by atoms with Crippen molar-refractivity contribution < 1.29 is 23.1 Å². The molecule has 1 aliphatic rings. The molecule has 19 heavy (non-hydrogen) atoms. The van der Waals surface area contributed by atoms with E-state index in [1.807, 2.05) is 0 Å². The van der Waals surface area contributed by atoms with Crippen LogP contribution in [0.3, 0.4) is 0 Å². The topological polar surface area (TPSA) is 53.4 Å². The first kappa shape index (κ1) is 13.6. The molecule has 7 heteroatoms. The number of carbonyl (C=O) groups is 1. The van der Waals surface area contributed by atoms with E-state index < -0.39 is 23.8 Å². The molecule has 0 bridgehead atoms. The van der Waals surface area contributed by atoms with Crippen LogP contribution in [-0.2, 0) is 11.0 Å². The quantitative estimate of drug-likeness (QED) is 0.900.